The average Bonchev–Trinajstić information content (AvgIpc) is 2.77. The highest BCUT2D eigenvalue weighted by molar-refractivity contribution is 7.91. The van der Waals surface area contributed by atoms with Crippen molar-refractivity contribution in [2.24, 2.45) is 0 Å². The number of benzene rings is 3. The van der Waals surface area contributed by atoms with Crippen LogP contribution in [0.5, 0.6) is 5.75 Å². The number of aryl methyl sites for hydroxylation is 1. The topological polar surface area (TPSA) is 60.4 Å². The number of rotatable bonds is 8. The fraction of sp³-hybridized carbons (Fsp3) is 0.269. The SMILES string of the molecule is COc1ccc(C(=O)C[C@@H](c2ccc(C(C)C)cc2)S(=O)(=O)c2ccc(C)cc2)cc1. The van der Waals surface area contributed by atoms with Gasteiger partial charge >= 0.3 is 0 Å². The third kappa shape index (κ3) is 5.23. The van der Waals surface area contributed by atoms with Crippen LogP contribution in [0.3, 0.4) is 0 Å². The molecular weight excluding hydrogens is 408 g/mol. The Hall–Kier alpha value is -2.92. The second-order valence-electron chi connectivity index (χ2n) is 8.02. The van der Waals surface area contributed by atoms with Gasteiger partial charge in [-0.2, -0.15) is 0 Å². The van der Waals surface area contributed by atoms with E-state index in [0.717, 1.165) is 11.1 Å². The lowest BCUT2D eigenvalue weighted by atomic mass is 9.98. The predicted molar refractivity (Wildman–Crippen MR) is 124 cm³/mol. The average molecular weight is 437 g/mol. The van der Waals surface area contributed by atoms with Gasteiger partial charge in [0.25, 0.3) is 0 Å². The van der Waals surface area contributed by atoms with Gasteiger partial charge in [0.05, 0.1) is 17.3 Å². The van der Waals surface area contributed by atoms with Crippen LogP contribution in [0.1, 0.15) is 58.5 Å². The normalized spacial score (nSPS) is 12.5. The molecule has 0 N–H and O–H groups in total. The van der Waals surface area contributed by atoms with Crippen LogP contribution in [0, 0.1) is 6.92 Å². The van der Waals surface area contributed by atoms with Crippen molar-refractivity contribution in [1.82, 2.24) is 0 Å². The van der Waals surface area contributed by atoms with Gasteiger partial charge < -0.3 is 4.74 Å². The van der Waals surface area contributed by atoms with Crippen molar-refractivity contribution in [3.8, 4) is 5.75 Å². The second-order valence-corrected chi connectivity index (χ2v) is 10.2. The quantitative estimate of drug-likeness (QED) is 0.412. The summed E-state index contributed by atoms with van der Waals surface area (Å²) in [6.45, 7) is 6.08. The lowest BCUT2D eigenvalue weighted by Crippen LogP contribution is -2.18. The lowest BCUT2D eigenvalue weighted by Gasteiger charge is -2.19. The van der Waals surface area contributed by atoms with Gasteiger partial charge in [0.15, 0.2) is 15.6 Å². The Morgan fingerprint density at radius 1 is 0.839 bits per heavy atom. The standard InChI is InChI=1S/C26H28O4S/c1-18(2)20-7-9-22(10-8-20)26(31(28,29)24-15-5-19(3)6-16-24)17-25(27)21-11-13-23(30-4)14-12-21/h5-16,18,26H,17H2,1-4H3/t26-/m0/s1. The first kappa shape index (κ1) is 22.8. The van der Waals surface area contributed by atoms with Crippen molar-refractivity contribution < 1.29 is 17.9 Å². The molecule has 0 heterocycles. The minimum absolute atomic E-state index is 0.135. The van der Waals surface area contributed by atoms with Crippen molar-refractivity contribution in [3.63, 3.8) is 0 Å². The Morgan fingerprint density at radius 3 is 1.90 bits per heavy atom. The Labute approximate surface area is 184 Å². The van der Waals surface area contributed by atoms with Gasteiger partial charge in [-0.05, 0) is 60.4 Å². The van der Waals surface area contributed by atoms with Crippen LogP contribution >= 0.6 is 0 Å². The molecule has 1 atom stereocenters. The number of Topliss-reactive ketones (excluding diaryl/α,β-unsaturated/α-hetero) is 1. The van der Waals surface area contributed by atoms with Crippen molar-refractivity contribution in [3.05, 3.63) is 95.1 Å². The fourth-order valence-corrected chi connectivity index (χ4v) is 5.19. The van der Waals surface area contributed by atoms with E-state index >= 15 is 0 Å². The van der Waals surface area contributed by atoms with E-state index in [0.29, 0.717) is 22.8 Å². The summed E-state index contributed by atoms with van der Waals surface area (Å²) >= 11 is 0. The summed E-state index contributed by atoms with van der Waals surface area (Å²) in [4.78, 5) is 13.3. The van der Waals surface area contributed by atoms with Crippen LogP contribution in [0.2, 0.25) is 0 Å². The van der Waals surface area contributed by atoms with E-state index in [1.807, 2.05) is 31.2 Å². The zero-order valence-corrected chi connectivity index (χ0v) is 19.1. The summed E-state index contributed by atoms with van der Waals surface area (Å²) in [6.07, 6.45) is -0.135. The first-order valence-electron chi connectivity index (χ1n) is 10.3. The molecular formula is C26H28O4S. The number of ether oxygens (including phenoxy) is 1. The maximum absolute atomic E-state index is 13.6. The minimum atomic E-state index is -3.77. The third-order valence-electron chi connectivity index (χ3n) is 5.48. The van der Waals surface area contributed by atoms with E-state index in [4.69, 9.17) is 4.74 Å². The number of carbonyl (C=O) groups is 1. The molecule has 31 heavy (non-hydrogen) atoms. The molecule has 0 fully saturated rings. The van der Waals surface area contributed by atoms with Crippen molar-refractivity contribution in [1.29, 1.82) is 0 Å². The summed E-state index contributed by atoms with van der Waals surface area (Å²) in [5.41, 5.74) is 3.18. The molecule has 0 aromatic heterocycles. The number of hydrogen-bond acceptors (Lipinski definition) is 4. The molecule has 0 saturated carbocycles. The number of sulfone groups is 1. The summed E-state index contributed by atoms with van der Waals surface area (Å²) < 4.78 is 32.3. The monoisotopic (exact) mass is 436 g/mol. The molecule has 3 rings (SSSR count). The van der Waals surface area contributed by atoms with E-state index in [9.17, 15) is 13.2 Å². The molecule has 0 amide bonds. The molecule has 0 saturated heterocycles. The highest BCUT2D eigenvalue weighted by Gasteiger charge is 2.31. The van der Waals surface area contributed by atoms with Crippen LogP contribution in [-0.2, 0) is 9.84 Å². The molecule has 5 heteroatoms. The molecule has 0 aliphatic rings. The van der Waals surface area contributed by atoms with Crippen molar-refractivity contribution in [2.45, 2.75) is 43.3 Å². The second kappa shape index (κ2) is 9.48. The molecule has 0 radical (unpaired) electrons. The molecule has 3 aromatic rings. The zero-order valence-electron chi connectivity index (χ0n) is 18.3. The predicted octanol–water partition coefficient (Wildman–Crippen LogP) is 5.92. The summed E-state index contributed by atoms with van der Waals surface area (Å²) in [5, 5.41) is -0.967. The Bertz CT molecular complexity index is 1130. The summed E-state index contributed by atoms with van der Waals surface area (Å²) in [5.74, 6) is 0.753. The van der Waals surface area contributed by atoms with Crippen molar-refractivity contribution in [2.75, 3.05) is 7.11 Å². The first-order chi connectivity index (χ1) is 14.7. The molecule has 0 spiro atoms. The summed E-state index contributed by atoms with van der Waals surface area (Å²) in [7, 11) is -2.21. The minimum Gasteiger partial charge on any atom is -0.497 e. The van der Waals surface area contributed by atoms with Crippen LogP contribution in [0.4, 0.5) is 0 Å². The number of ketones is 1. The molecule has 3 aromatic carbocycles. The highest BCUT2D eigenvalue weighted by atomic mass is 32.2. The Kier molecular flexibility index (Phi) is 6.96. The lowest BCUT2D eigenvalue weighted by molar-refractivity contribution is 0.0980. The molecule has 0 unspecified atom stereocenters. The Morgan fingerprint density at radius 2 is 1.39 bits per heavy atom. The molecule has 0 aliphatic carbocycles. The molecule has 162 valence electrons. The van der Waals surface area contributed by atoms with E-state index < -0.39 is 15.1 Å². The maximum Gasteiger partial charge on any atom is 0.185 e. The molecule has 0 bridgehead atoms. The smallest absolute Gasteiger partial charge is 0.185 e. The van der Waals surface area contributed by atoms with Gasteiger partial charge in [-0.25, -0.2) is 8.42 Å². The zero-order chi connectivity index (χ0) is 22.6. The van der Waals surface area contributed by atoms with E-state index in [1.165, 1.54) is 0 Å². The number of methoxy groups -OCH3 is 1. The maximum atomic E-state index is 13.6. The molecule has 4 nitrogen and oxygen atoms in total. The van der Waals surface area contributed by atoms with E-state index in [-0.39, 0.29) is 17.1 Å². The van der Waals surface area contributed by atoms with Gasteiger partial charge in [-0.3, -0.25) is 4.79 Å². The van der Waals surface area contributed by atoms with Crippen LogP contribution in [-0.4, -0.2) is 21.3 Å². The van der Waals surface area contributed by atoms with Gasteiger partial charge in [0.1, 0.15) is 5.75 Å². The van der Waals surface area contributed by atoms with Crippen LogP contribution in [0.25, 0.3) is 0 Å². The highest BCUT2D eigenvalue weighted by Crippen LogP contribution is 2.34. The van der Waals surface area contributed by atoms with Gasteiger partial charge in [-0.1, -0.05) is 55.8 Å². The summed E-state index contributed by atoms with van der Waals surface area (Å²) in [6, 6.07) is 21.0. The van der Waals surface area contributed by atoms with E-state index in [2.05, 4.69) is 13.8 Å². The third-order valence-corrected chi connectivity index (χ3v) is 7.60. The first-order valence-corrected chi connectivity index (χ1v) is 11.8. The molecule has 0 aliphatic heterocycles. The Balaban J connectivity index is 2.00. The van der Waals surface area contributed by atoms with Gasteiger partial charge in [0.2, 0.25) is 0 Å². The van der Waals surface area contributed by atoms with E-state index in [1.54, 1.807) is 55.6 Å². The number of hydrogen-bond donors (Lipinski definition) is 0. The van der Waals surface area contributed by atoms with Gasteiger partial charge in [0, 0.05) is 12.0 Å². The fourth-order valence-electron chi connectivity index (χ4n) is 3.46. The number of carbonyl (C=O) groups excluding carboxylic acids is 1. The van der Waals surface area contributed by atoms with Crippen LogP contribution in [0.15, 0.2) is 77.7 Å². The van der Waals surface area contributed by atoms with Gasteiger partial charge in [-0.15, -0.1) is 0 Å². The van der Waals surface area contributed by atoms with Crippen LogP contribution < -0.4 is 4.74 Å². The van der Waals surface area contributed by atoms with Crippen molar-refractivity contribution >= 4 is 15.6 Å². The largest absolute Gasteiger partial charge is 0.497 e.